The predicted octanol–water partition coefficient (Wildman–Crippen LogP) is 2.68. The summed E-state index contributed by atoms with van der Waals surface area (Å²) in [6.07, 6.45) is 1.60. The van der Waals surface area contributed by atoms with E-state index >= 15 is 0 Å². The molecular weight excluding hydrogens is 280 g/mol. The number of nitrogens with zero attached hydrogens (tertiary/aromatic N) is 2. The Morgan fingerprint density at radius 2 is 1.95 bits per heavy atom. The maximum atomic E-state index is 12.4. The average molecular weight is 300 g/mol. The summed E-state index contributed by atoms with van der Waals surface area (Å²) < 4.78 is 10.5. The van der Waals surface area contributed by atoms with Crippen LogP contribution in [0.15, 0.2) is 36.5 Å². The Morgan fingerprint density at radius 1 is 1.18 bits per heavy atom. The Morgan fingerprint density at radius 3 is 2.55 bits per heavy atom. The first-order chi connectivity index (χ1) is 10.5. The molecule has 0 aliphatic heterocycles. The van der Waals surface area contributed by atoms with Crippen molar-refractivity contribution in [2.75, 3.05) is 21.3 Å². The molecule has 0 atom stereocenters. The molecule has 1 amide bonds. The topological polar surface area (TPSA) is 51.7 Å². The summed E-state index contributed by atoms with van der Waals surface area (Å²) in [5, 5.41) is 0. The third-order valence-corrected chi connectivity index (χ3v) is 3.41. The van der Waals surface area contributed by atoms with E-state index in [0.717, 1.165) is 17.0 Å². The van der Waals surface area contributed by atoms with Gasteiger partial charge in [-0.3, -0.25) is 9.78 Å². The summed E-state index contributed by atoms with van der Waals surface area (Å²) in [6.45, 7) is 2.33. The normalized spacial score (nSPS) is 10.2. The molecule has 2 rings (SSSR count). The lowest BCUT2D eigenvalue weighted by molar-refractivity contribution is 0.0784. The van der Waals surface area contributed by atoms with E-state index in [-0.39, 0.29) is 5.91 Å². The molecule has 5 heteroatoms. The highest BCUT2D eigenvalue weighted by molar-refractivity contribution is 5.93. The third-order valence-electron chi connectivity index (χ3n) is 3.41. The van der Waals surface area contributed by atoms with Crippen LogP contribution in [0.5, 0.6) is 11.5 Å². The lowest BCUT2D eigenvalue weighted by atomic mass is 10.1. The summed E-state index contributed by atoms with van der Waals surface area (Å²) in [4.78, 5) is 18.2. The van der Waals surface area contributed by atoms with E-state index < -0.39 is 0 Å². The molecule has 2 aromatic rings. The third kappa shape index (κ3) is 3.55. The first-order valence-electron chi connectivity index (χ1n) is 6.94. The predicted molar refractivity (Wildman–Crippen MR) is 84.3 cm³/mol. The van der Waals surface area contributed by atoms with E-state index in [1.54, 1.807) is 44.5 Å². The van der Waals surface area contributed by atoms with Crippen molar-refractivity contribution in [2.45, 2.75) is 13.5 Å². The highest BCUT2D eigenvalue weighted by Gasteiger charge is 2.14. The number of methoxy groups -OCH3 is 2. The van der Waals surface area contributed by atoms with Crippen LogP contribution in [0.4, 0.5) is 0 Å². The number of hydrogen-bond donors (Lipinski definition) is 0. The minimum Gasteiger partial charge on any atom is -0.497 e. The maximum Gasteiger partial charge on any atom is 0.255 e. The zero-order chi connectivity index (χ0) is 16.1. The van der Waals surface area contributed by atoms with E-state index in [1.807, 2.05) is 25.1 Å². The van der Waals surface area contributed by atoms with Gasteiger partial charge in [0, 0.05) is 37.1 Å². The van der Waals surface area contributed by atoms with E-state index in [9.17, 15) is 4.79 Å². The lowest BCUT2D eigenvalue weighted by Crippen LogP contribution is -2.26. The number of rotatable bonds is 5. The Balaban J connectivity index is 2.16. The van der Waals surface area contributed by atoms with Gasteiger partial charge >= 0.3 is 0 Å². The van der Waals surface area contributed by atoms with E-state index in [4.69, 9.17) is 9.47 Å². The average Bonchev–Trinajstić information content (AvgIpc) is 2.55. The molecule has 0 radical (unpaired) electrons. The zero-order valence-electron chi connectivity index (χ0n) is 13.3. The molecule has 0 spiro atoms. The molecular formula is C17H20N2O3. The van der Waals surface area contributed by atoms with Crippen LogP contribution in [0.25, 0.3) is 0 Å². The standard InChI is InChI=1S/C17H20N2O3/c1-12-5-6-13(10-18-12)17(20)19(2)11-14-7-8-15(21-3)9-16(14)22-4/h5-10H,11H2,1-4H3. The van der Waals surface area contributed by atoms with Gasteiger partial charge in [-0.05, 0) is 31.2 Å². The molecule has 5 nitrogen and oxygen atoms in total. The minimum atomic E-state index is -0.0784. The van der Waals surface area contributed by atoms with Crippen LogP contribution < -0.4 is 9.47 Å². The fourth-order valence-corrected chi connectivity index (χ4v) is 2.12. The van der Waals surface area contributed by atoms with Crippen molar-refractivity contribution < 1.29 is 14.3 Å². The molecule has 22 heavy (non-hydrogen) atoms. The molecule has 1 aromatic heterocycles. The number of hydrogen-bond acceptors (Lipinski definition) is 4. The molecule has 0 fully saturated rings. The number of benzene rings is 1. The second-order valence-electron chi connectivity index (χ2n) is 5.03. The number of aryl methyl sites for hydroxylation is 1. The Hall–Kier alpha value is -2.56. The van der Waals surface area contributed by atoms with Crippen molar-refractivity contribution in [1.82, 2.24) is 9.88 Å². The Kier molecular flexibility index (Phi) is 4.99. The van der Waals surface area contributed by atoms with Gasteiger partial charge in [-0.25, -0.2) is 0 Å². The van der Waals surface area contributed by atoms with Crippen LogP contribution >= 0.6 is 0 Å². The molecule has 0 saturated carbocycles. The van der Waals surface area contributed by atoms with Crippen LogP contribution in [0.3, 0.4) is 0 Å². The van der Waals surface area contributed by atoms with Gasteiger partial charge in [0.15, 0.2) is 0 Å². The van der Waals surface area contributed by atoms with Gasteiger partial charge in [-0.1, -0.05) is 0 Å². The summed E-state index contributed by atoms with van der Waals surface area (Å²) >= 11 is 0. The molecule has 0 saturated heterocycles. The summed E-state index contributed by atoms with van der Waals surface area (Å²) in [6, 6.07) is 9.17. The molecule has 0 unspecified atom stereocenters. The van der Waals surface area contributed by atoms with Crippen LogP contribution in [0, 0.1) is 6.92 Å². The molecule has 0 aliphatic rings. The molecule has 1 aromatic carbocycles. The molecule has 116 valence electrons. The number of aromatic nitrogens is 1. The van der Waals surface area contributed by atoms with Crippen LogP contribution in [0.1, 0.15) is 21.6 Å². The van der Waals surface area contributed by atoms with Gasteiger partial charge in [0.1, 0.15) is 11.5 Å². The van der Waals surface area contributed by atoms with Crippen molar-refractivity contribution in [1.29, 1.82) is 0 Å². The van der Waals surface area contributed by atoms with Crippen molar-refractivity contribution in [2.24, 2.45) is 0 Å². The first-order valence-corrected chi connectivity index (χ1v) is 6.94. The maximum absolute atomic E-state index is 12.4. The fraction of sp³-hybridized carbons (Fsp3) is 0.294. The molecule has 0 bridgehead atoms. The highest BCUT2D eigenvalue weighted by Crippen LogP contribution is 2.25. The smallest absolute Gasteiger partial charge is 0.255 e. The first kappa shape index (κ1) is 15.8. The fourth-order valence-electron chi connectivity index (χ4n) is 2.12. The van der Waals surface area contributed by atoms with Crippen molar-refractivity contribution in [3.63, 3.8) is 0 Å². The van der Waals surface area contributed by atoms with Crippen molar-refractivity contribution in [3.05, 3.63) is 53.3 Å². The van der Waals surface area contributed by atoms with E-state index in [0.29, 0.717) is 17.9 Å². The van der Waals surface area contributed by atoms with Crippen LogP contribution in [-0.4, -0.2) is 37.1 Å². The summed E-state index contributed by atoms with van der Waals surface area (Å²) in [5.74, 6) is 1.34. The second-order valence-corrected chi connectivity index (χ2v) is 5.03. The Labute approximate surface area is 130 Å². The van der Waals surface area contributed by atoms with E-state index in [2.05, 4.69) is 4.98 Å². The van der Waals surface area contributed by atoms with Gasteiger partial charge < -0.3 is 14.4 Å². The lowest BCUT2D eigenvalue weighted by Gasteiger charge is -2.19. The Bertz CT molecular complexity index is 653. The van der Waals surface area contributed by atoms with Crippen LogP contribution in [0.2, 0.25) is 0 Å². The number of pyridine rings is 1. The van der Waals surface area contributed by atoms with Gasteiger partial charge in [0.2, 0.25) is 0 Å². The monoisotopic (exact) mass is 300 g/mol. The highest BCUT2D eigenvalue weighted by atomic mass is 16.5. The number of carbonyl (C=O) groups excluding carboxylic acids is 1. The molecule has 0 aliphatic carbocycles. The quantitative estimate of drug-likeness (QED) is 0.852. The van der Waals surface area contributed by atoms with Crippen molar-refractivity contribution in [3.8, 4) is 11.5 Å². The zero-order valence-corrected chi connectivity index (χ0v) is 13.3. The number of amides is 1. The van der Waals surface area contributed by atoms with E-state index in [1.165, 1.54) is 0 Å². The van der Waals surface area contributed by atoms with Gasteiger partial charge in [-0.2, -0.15) is 0 Å². The SMILES string of the molecule is COc1ccc(CN(C)C(=O)c2ccc(C)nc2)c(OC)c1. The molecule has 1 heterocycles. The van der Waals surface area contributed by atoms with Gasteiger partial charge in [0.05, 0.1) is 19.8 Å². The second kappa shape index (κ2) is 6.93. The van der Waals surface area contributed by atoms with Gasteiger partial charge in [0.25, 0.3) is 5.91 Å². The number of ether oxygens (including phenoxy) is 2. The molecule has 0 N–H and O–H groups in total. The summed E-state index contributed by atoms with van der Waals surface area (Å²) in [5.41, 5.74) is 2.37. The van der Waals surface area contributed by atoms with Crippen molar-refractivity contribution >= 4 is 5.91 Å². The summed E-state index contributed by atoms with van der Waals surface area (Å²) in [7, 11) is 4.96. The number of carbonyl (C=O) groups is 1. The van der Waals surface area contributed by atoms with Gasteiger partial charge in [-0.15, -0.1) is 0 Å². The largest absolute Gasteiger partial charge is 0.497 e. The van der Waals surface area contributed by atoms with Crippen LogP contribution in [-0.2, 0) is 6.54 Å². The minimum absolute atomic E-state index is 0.0784.